The molecule has 5 rings (SSSR count). The van der Waals surface area contributed by atoms with E-state index in [2.05, 4.69) is 25.9 Å². The van der Waals surface area contributed by atoms with Crippen LogP contribution in [0, 0.1) is 5.92 Å². The van der Waals surface area contributed by atoms with Crippen molar-refractivity contribution in [2.45, 2.75) is 31.7 Å². The van der Waals surface area contributed by atoms with Gasteiger partial charge in [-0.3, -0.25) is 10.1 Å². The normalized spacial score (nSPS) is 23.1. The number of amides is 3. The van der Waals surface area contributed by atoms with Gasteiger partial charge in [0.15, 0.2) is 5.65 Å². The third-order valence-corrected chi connectivity index (χ3v) is 5.66. The Morgan fingerprint density at radius 3 is 2.86 bits per heavy atom. The standard InChI is InChI=1S/C19H23N7O3/c27-10-13-2-1-5-25(13)16-7-15(20-8-11-3-4-11)26-17(23-16)12(9-21-26)6-14-18(28)24-19(29)22-14/h6-7,9,11,13,20,27H,1-5,8,10H2,(H2,22,24,28,29)/b14-6-. The van der Waals surface area contributed by atoms with Crippen LogP contribution in [-0.4, -0.2) is 57.4 Å². The first-order valence-corrected chi connectivity index (χ1v) is 9.96. The van der Waals surface area contributed by atoms with Gasteiger partial charge in [-0.1, -0.05) is 0 Å². The zero-order valence-electron chi connectivity index (χ0n) is 15.9. The van der Waals surface area contributed by atoms with Gasteiger partial charge in [0.1, 0.15) is 17.3 Å². The van der Waals surface area contributed by atoms with Crippen LogP contribution in [0.3, 0.4) is 0 Å². The first-order chi connectivity index (χ1) is 14.1. The molecule has 3 fully saturated rings. The molecule has 1 aliphatic carbocycles. The lowest BCUT2D eigenvalue weighted by Crippen LogP contribution is -2.33. The van der Waals surface area contributed by atoms with Gasteiger partial charge in [-0.25, -0.2) is 9.78 Å². The number of hydrogen-bond donors (Lipinski definition) is 4. The SMILES string of the molecule is O=C1NC(=O)/C(=C/c2cnn3c(NCC4CC4)cc(N4CCCC4CO)nc23)N1. The van der Waals surface area contributed by atoms with Crippen LogP contribution in [0.5, 0.6) is 0 Å². The average molecular weight is 397 g/mol. The molecule has 2 saturated heterocycles. The van der Waals surface area contributed by atoms with Crippen LogP contribution in [-0.2, 0) is 4.79 Å². The largest absolute Gasteiger partial charge is 0.394 e. The molecule has 4 N–H and O–H groups in total. The molecule has 152 valence electrons. The van der Waals surface area contributed by atoms with Gasteiger partial charge in [0, 0.05) is 24.7 Å². The van der Waals surface area contributed by atoms with E-state index >= 15 is 0 Å². The Labute approximate surface area is 167 Å². The van der Waals surface area contributed by atoms with Gasteiger partial charge in [-0.2, -0.15) is 9.61 Å². The number of fused-ring (bicyclic) bond motifs is 1. The van der Waals surface area contributed by atoms with Crippen LogP contribution in [0.15, 0.2) is 18.0 Å². The number of nitrogens with one attached hydrogen (secondary N) is 3. The lowest BCUT2D eigenvalue weighted by atomic mass is 10.2. The molecule has 10 heteroatoms. The Balaban J connectivity index is 1.57. The fraction of sp³-hybridized carbons (Fsp3) is 0.474. The van der Waals surface area contributed by atoms with Crippen molar-refractivity contribution >= 4 is 35.3 Å². The van der Waals surface area contributed by atoms with Gasteiger partial charge < -0.3 is 20.6 Å². The monoisotopic (exact) mass is 397 g/mol. The molecule has 1 atom stereocenters. The number of aromatic nitrogens is 3. The summed E-state index contributed by atoms with van der Waals surface area (Å²) in [5.74, 6) is 1.81. The molecule has 10 nitrogen and oxygen atoms in total. The number of imide groups is 1. The topological polar surface area (TPSA) is 124 Å². The van der Waals surface area contributed by atoms with Crippen molar-refractivity contribution in [1.82, 2.24) is 25.2 Å². The zero-order valence-corrected chi connectivity index (χ0v) is 15.9. The van der Waals surface area contributed by atoms with E-state index in [1.807, 2.05) is 6.07 Å². The maximum absolute atomic E-state index is 11.9. The molecule has 2 aromatic heterocycles. The summed E-state index contributed by atoms with van der Waals surface area (Å²) >= 11 is 0. The second kappa shape index (κ2) is 7.03. The maximum atomic E-state index is 11.9. The predicted octanol–water partition coefficient (Wildman–Crippen LogP) is 0.693. The Morgan fingerprint density at radius 2 is 2.14 bits per heavy atom. The number of aliphatic hydroxyl groups excluding tert-OH is 1. The molecule has 3 amide bonds. The molecule has 29 heavy (non-hydrogen) atoms. The number of anilines is 2. The quantitative estimate of drug-likeness (QED) is 0.418. The zero-order chi connectivity index (χ0) is 20.0. The van der Waals surface area contributed by atoms with Gasteiger partial charge in [0.05, 0.1) is 18.8 Å². The van der Waals surface area contributed by atoms with E-state index < -0.39 is 11.9 Å². The van der Waals surface area contributed by atoms with Crippen LogP contribution >= 0.6 is 0 Å². The minimum Gasteiger partial charge on any atom is -0.394 e. The van der Waals surface area contributed by atoms with Crippen LogP contribution in [0.1, 0.15) is 31.2 Å². The highest BCUT2D eigenvalue weighted by Crippen LogP contribution is 2.31. The van der Waals surface area contributed by atoms with E-state index in [9.17, 15) is 14.7 Å². The molecule has 3 aliphatic rings. The van der Waals surface area contributed by atoms with E-state index in [4.69, 9.17) is 4.98 Å². The van der Waals surface area contributed by atoms with Crippen molar-refractivity contribution in [1.29, 1.82) is 0 Å². The van der Waals surface area contributed by atoms with Gasteiger partial charge in [-0.05, 0) is 37.7 Å². The minimum absolute atomic E-state index is 0.0471. The number of nitrogens with zero attached hydrogens (tertiary/aromatic N) is 4. The van der Waals surface area contributed by atoms with Gasteiger partial charge >= 0.3 is 6.03 Å². The fourth-order valence-corrected chi connectivity index (χ4v) is 3.88. The number of carbonyl (C=O) groups is 2. The number of hydrogen-bond acceptors (Lipinski definition) is 7. The number of urea groups is 1. The highest BCUT2D eigenvalue weighted by molar-refractivity contribution is 6.14. The van der Waals surface area contributed by atoms with Crippen LogP contribution in [0.2, 0.25) is 0 Å². The number of carbonyl (C=O) groups excluding carboxylic acids is 2. The molecule has 1 saturated carbocycles. The summed E-state index contributed by atoms with van der Waals surface area (Å²) < 4.78 is 1.72. The molecule has 2 aliphatic heterocycles. The van der Waals surface area contributed by atoms with Crippen molar-refractivity contribution in [3.8, 4) is 0 Å². The lowest BCUT2D eigenvalue weighted by Gasteiger charge is -2.25. The van der Waals surface area contributed by atoms with Crippen LogP contribution in [0.4, 0.5) is 16.4 Å². The fourth-order valence-electron chi connectivity index (χ4n) is 3.88. The Morgan fingerprint density at radius 1 is 1.28 bits per heavy atom. The molecular weight excluding hydrogens is 374 g/mol. The third-order valence-electron chi connectivity index (χ3n) is 5.66. The first kappa shape index (κ1) is 17.9. The van der Waals surface area contributed by atoms with E-state index in [1.165, 1.54) is 12.8 Å². The van der Waals surface area contributed by atoms with Crippen LogP contribution in [0.25, 0.3) is 11.7 Å². The molecule has 0 aromatic carbocycles. The highest BCUT2D eigenvalue weighted by Gasteiger charge is 2.28. The molecule has 0 radical (unpaired) electrons. The smallest absolute Gasteiger partial charge is 0.326 e. The van der Waals surface area contributed by atoms with Gasteiger partial charge in [-0.15, -0.1) is 0 Å². The first-order valence-electron chi connectivity index (χ1n) is 9.96. The molecule has 0 bridgehead atoms. The summed E-state index contributed by atoms with van der Waals surface area (Å²) in [7, 11) is 0. The van der Waals surface area contributed by atoms with E-state index in [-0.39, 0.29) is 18.3 Å². The van der Waals surface area contributed by atoms with E-state index in [0.717, 1.165) is 37.6 Å². The van der Waals surface area contributed by atoms with Crippen molar-refractivity contribution in [3.05, 3.63) is 23.5 Å². The minimum atomic E-state index is -0.541. The summed E-state index contributed by atoms with van der Waals surface area (Å²) in [4.78, 5) is 30.2. The van der Waals surface area contributed by atoms with E-state index in [0.29, 0.717) is 17.1 Å². The van der Waals surface area contributed by atoms with Crippen molar-refractivity contribution in [2.24, 2.45) is 5.92 Å². The molecule has 1 unspecified atom stereocenters. The molecular formula is C19H23N7O3. The summed E-state index contributed by atoms with van der Waals surface area (Å²) in [5, 5.41) is 22.3. The average Bonchev–Trinajstić information content (AvgIpc) is 3.11. The third kappa shape index (κ3) is 3.39. The van der Waals surface area contributed by atoms with Gasteiger partial charge in [0.25, 0.3) is 5.91 Å². The van der Waals surface area contributed by atoms with Crippen LogP contribution < -0.4 is 20.9 Å². The Bertz CT molecular complexity index is 1010. The summed E-state index contributed by atoms with van der Waals surface area (Å²) in [6, 6.07) is 1.48. The molecule has 4 heterocycles. The Kier molecular flexibility index (Phi) is 4.35. The van der Waals surface area contributed by atoms with Crippen molar-refractivity contribution in [2.75, 3.05) is 29.9 Å². The highest BCUT2D eigenvalue weighted by atomic mass is 16.3. The van der Waals surface area contributed by atoms with Crippen molar-refractivity contribution in [3.63, 3.8) is 0 Å². The molecule has 0 spiro atoms. The van der Waals surface area contributed by atoms with Crippen molar-refractivity contribution < 1.29 is 14.7 Å². The summed E-state index contributed by atoms with van der Waals surface area (Å²) in [6.45, 7) is 1.79. The number of rotatable bonds is 6. The number of aliphatic hydroxyl groups is 1. The predicted molar refractivity (Wildman–Crippen MR) is 106 cm³/mol. The summed E-state index contributed by atoms with van der Waals surface area (Å²) in [5.41, 5.74) is 1.39. The second-order valence-electron chi connectivity index (χ2n) is 7.80. The van der Waals surface area contributed by atoms with E-state index in [1.54, 1.807) is 16.8 Å². The summed E-state index contributed by atoms with van der Waals surface area (Å²) in [6.07, 6.45) is 7.61. The lowest BCUT2D eigenvalue weighted by molar-refractivity contribution is -0.115. The molecule has 2 aromatic rings. The maximum Gasteiger partial charge on any atom is 0.326 e. The van der Waals surface area contributed by atoms with Gasteiger partial charge in [0.2, 0.25) is 0 Å². The Hall–Kier alpha value is -3.14. The second-order valence-corrected chi connectivity index (χ2v) is 7.80.